The number of esters is 1. The van der Waals surface area contributed by atoms with Crippen LogP contribution < -0.4 is 5.32 Å². The lowest BCUT2D eigenvalue weighted by Gasteiger charge is -2.19. The standard InChI is InChI=1S/C22H14Cl2N2O6S/c1-11(21(28)26-20-16(24)9-13(23)10-25-20)32-22(29)12-6-7-15-18(8-12)33(30,31)17-5-3-2-4-14(17)19(15)27/h2-11H,1H3,(H,25,26,28)/t11-/m0/s1. The first-order valence-corrected chi connectivity index (χ1v) is 11.7. The Morgan fingerprint density at radius 3 is 2.45 bits per heavy atom. The number of pyridine rings is 1. The van der Waals surface area contributed by atoms with Gasteiger partial charge >= 0.3 is 5.97 Å². The highest BCUT2D eigenvalue weighted by atomic mass is 35.5. The molecule has 0 fully saturated rings. The number of benzene rings is 2. The number of sulfone groups is 1. The number of fused-ring (bicyclic) bond motifs is 2. The Labute approximate surface area is 198 Å². The number of nitrogens with one attached hydrogen (secondary N) is 1. The summed E-state index contributed by atoms with van der Waals surface area (Å²) < 4.78 is 31.2. The van der Waals surface area contributed by atoms with Gasteiger partial charge in [0.25, 0.3) is 5.91 Å². The lowest BCUT2D eigenvalue weighted by molar-refractivity contribution is -0.123. The third-order valence-corrected chi connectivity index (χ3v) is 7.22. The Hall–Kier alpha value is -3.27. The van der Waals surface area contributed by atoms with Gasteiger partial charge in [-0.3, -0.25) is 9.59 Å². The zero-order valence-electron chi connectivity index (χ0n) is 16.8. The van der Waals surface area contributed by atoms with Crippen LogP contribution in [0.4, 0.5) is 5.82 Å². The number of aromatic nitrogens is 1. The maximum Gasteiger partial charge on any atom is 0.338 e. The zero-order chi connectivity index (χ0) is 23.9. The van der Waals surface area contributed by atoms with E-state index in [-0.39, 0.29) is 42.3 Å². The minimum absolute atomic E-state index is 0.0333. The van der Waals surface area contributed by atoms with Gasteiger partial charge in [-0.05, 0) is 43.3 Å². The van der Waals surface area contributed by atoms with E-state index in [1.165, 1.54) is 49.5 Å². The van der Waals surface area contributed by atoms with Crippen LogP contribution in [-0.4, -0.2) is 37.2 Å². The van der Waals surface area contributed by atoms with Gasteiger partial charge in [0.1, 0.15) is 0 Å². The van der Waals surface area contributed by atoms with E-state index >= 15 is 0 Å². The monoisotopic (exact) mass is 504 g/mol. The molecular weight excluding hydrogens is 491 g/mol. The molecule has 1 N–H and O–H groups in total. The highest BCUT2D eigenvalue weighted by Gasteiger charge is 2.35. The number of halogens is 2. The second-order valence-corrected chi connectivity index (χ2v) is 9.79. The molecule has 168 valence electrons. The summed E-state index contributed by atoms with van der Waals surface area (Å²) in [7, 11) is -4.03. The Morgan fingerprint density at radius 2 is 1.73 bits per heavy atom. The number of nitrogens with zero attached hydrogens (tertiary/aromatic N) is 1. The Balaban J connectivity index is 1.56. The summed E-state index contributed by atoms with van der Waals surface area (Å²) in [6.07, 6.45) is 0.0215. The second-order valence-electron chi connectivity index (χ2n) is 7.06. The summed E-state index contributed by atoms with van der Waals surface area (Å²) >= 11 is 11.7. The van der Waals surface area contributed by atoms with Crippen molar-refractivity contribution in [3.63, 3.8) is 0 Å². The third-order valence-electron chi connectivity index (χ3n) is 4.88. The van der Waals surface area contributed by atoms with Crippen molar-refractivity contribution in [1.82, 2.24) is 4.98 Å². The normalized spacial score (nSPS) is 14.6. The van der Waals surface area contributed by atoms with E-state index in [1.807, 2.05) is 0 Å². The summed E-state index contributed by atoms with van der Waals surface area (Å²) in [5.74, 6) is -2.09. The number of ether oxygens (including phenoxy) is 1. The molecule has 3 aromatic rings. The molecule has 0 bridgehead atoms. The van der Waals surface area contributed by atoms with Gasteiger partial charge in [-0.25, -0.2) is 18.2 Å². The molecule has 1 amide bonds. The molecule has 4 rings (SSSR count). The minimum atomic E-state index is -4.03. The predicted octanol–water partition coefficient (Wildman–Crippen LogP) is 3.95. The summed E-state index contributed by atoms with van der Waals surface area (Å²) in [5, 5.41) is 2.79. The van der Waals surface area contributed by atoms with E-state index < -0.39 is 33.6 Å². The van der Waals surface area contributed by atoms with Crippen LogP contribution in [-0.2, 0) is 19.4 Å². The smallest absolute Gasteiger partial charge is 0.338 e. The van der Waals surface area contributed by atoms with Crippen molar-refractivity contribution >= 4 is 56.5 Å². The van der Waals surface area contributed by atoms with Gasteiger partial charge in [0, 0.05) is 17.3 Å². The summed E-state index contributed by atoms with van der Waals surface area (Å²) in [4.78, 5) is 41.2. The first kappa shape index (κ1) is 22.9. The number of carbonyl (C=O) groups excluding carboxylic acids is 3. The topological polar surface area (TPSA) is 120 Å². The van der Waals surface area contributed by atoms with Crippen molar-refractivity contribution in [2.45, 2.75) is 22.8 Å². The minimum Gasteiger partial charge on any atom is -0.449 e. The SMILES string of the molecule is C[C@H](OC(=O)c1ccc2c(c1)S(=O)(=O)c1ccccc1C2=O)C(=O)Nc1ncc(Cl)cc1Cl. The molecule has 8 nitrogen and oxygen atoms in total. The molecule has 33 heavy (non-hydrogen) atoms. The lowest BCUT2D eigenvalue weighted by atomic mass is 10.0. The van der Waals surface area contributed by atoms with Crippen molar-refractivity contribution in [3.8, 4) is 0 Å². The van der Waals surface area contributed by atoms with Crippen molar-refractivity contribution in [1.29, 1.82) is 0 Å². The predicted molar refractivity (Wildman–Crippen MR) is 120 cm³/mol. The Kier molecular flexibility index (Phi) is 5.96. The van der Waals surface area contributed by atoms with Gasteiger partial charge in [0.2, 0.25) is 9.84 Å². The first-order valence-electron chi connectivity index (χ1n) is 9.45. The van der Waals surface area contributed by atoms with Gasteiger partial charge in [0.05, 0.1) is 25.4 Å². The van der Waals surface area contributed by atoms with E-state index in [0.29, 0.717) is 0 Å². The average molecular weight is 505 g/mol. The van der Waals surface area contributed by atoms with Crippen molar-refractivity contribution in [2.24, 2.45) is 0 Å². The summed E-state index contributed by atoms with van der Waals surface area (Å²) in [5.41, 5.74) is -0.105. The maximum atomic E-state index is 13.0. The van der Waals surface area contributed by atoms with E-state index in [0.717, 1.165) is 6.07 Å². The van der Waals surface area contributed by atoms with Gasteiger partial charge in [0.15, 0.2) is 17.7 Å². The van der Waals surface area contributed by atoms with E-state index in [2.05, 4.69) is 10.3 Å². The molecular formula is C22H14Cl2N2O6S. The fraction of sp³-hybridized carbons (Fsp3) is 0.0909. The van der Waals surface area contributed by atoms with Crippen molar-refractivity contribution in [2.75, 3.05) is 5.32 Å². The van der Waals surface area contributed by atoms with Crippen LogP contribution in [0.1, 0.15) is 33.2 Å². The van der Waals surface area contributed by atoms with Gasteiger partial charge in [-0.15, -0.1) is 0 Å². The molecule has 0 unspecified atom stereocenters. The van der Waals surface area contributed by atoms with Gasteiger partial charge in [-0.1, -0.05) is 35.3 Å². The molecule has 1 aromatic heterocycles. The van der Waals surface area contributed by atoms with E-state index in [1.54, 1.807) is 6.07 Å². The highest BCUT2D eigenvalue weighted by molar-refractivity contribution is 7.91. The van der Waals surface area contributed by atoms with Crippen LogP contribution in [0, 0.1) is 0 Å². The fourth-order valence-electron chi connectivity index (χ4n) is 3.22. The highest BCUT2D eigenvalue weighted by Crippen LogP contribution is 2.35. The molecule has 0 aliphatic carbocycles. The van der Waals surface area contributed by atoms with Crippen LogP contribution in [0.15, 0.2) is 64.5 Å². The van der Waals surface area contributed by atoms with E-state index in [4.69, 9.17) is 27.9 Å². The average Bonchev–Trinajstić information content (AvgIpc) is 2.79. The molecule has 0 radical (unpaired) electrons. The first-order chi connectivity index (χ1) is 15.6. The van der Waals surface area contributed by atoms with Crippen LogP contribution in [0.25, 0.3) is 0 Å². The fourth-order valence-corrected chi connectivity index (χ4v) is 5.32. The number of rotatable bonds is 4. The number of hydrogen-bond acceptors (Lipinski definition) is 7. The van der Waals surface area contributed by atoms with Crippen LogP contribution in [0.3, 0.4) is 0 Å². The lowest BCUT2D eigenvalue weighted by Crippen LogP contribution is -2.30. The van der Waals surface area contributed by atoms with Crippen molar-refractivity contribution < 1.29 is 27.5 Å². The molecule has 0 saturated heterocycles. The molecule has 1 aliphatic heterocycles. The second kappa shape index (κ2) is 8.58. The number of hydrogen-bond donors (Lipinski definition) is 1. The van der Waals surface area contributed by atoms with Crippen LogP contribution >= 0.6 is 23.2 Å². The Bertz CT molecular complexity index is 1440. The number of carbonyl (C=O) groups is 3. The molecule has 2 heterocycles. The number of anilines is 1. The molecule has 1 aliphatic rings. The molecule has 0 spiro atoms. The van der Waals surface area contributed by atoms with Gasteiger partial charge in [-0.2, -0.15) is 0 Å². The summed E-state index contributed by atoms with van der Waals surface area (Å²) in [6, 6.07) is 10.8. The summed E-state index contributed by atoms with van der Waals surface area (Å²) in [6.45, 7) is 1.33. The largest absolute Gasteiger partial charge is 0.449 e. The van der Waals surface area contributed by atoms with E-state index in [9.17, 15) is 22.8 Å². The number of amides is 1. The molecule has 0 saturated carbocycles. The maximum absolute atomic E-state index is 13.0. The van der Waals surface area contributed by atoms with Gasteiger partial charge < -0.3 is 10.1 Å². The quantitative estimate of drug-likeness (QED) is 0.417. The Morgan fingerprint density at radius 1 is 1.03 bits per heavy atom. The number of ketones is 1. The zero-order valence-corrected chi connectivity index (χ0v) is 19.2. The third kappa shape index (κ3) is 4.22. The van der Waals surface area contributed by atoms with Crippen LogP contribution in [0.2, 0.25) is 10.0 Å². The molecule has 11 heteroatoms. The molecule has 2 aromatic carbocycles. The molecule has 1 atom stereocenters. The van der Waals surface area contributed by atoms with Crippen LogP contribution in [0.5, 0.6) is 0 Å². The van der Waals surface area contributed by atoms with Crippen molar-refractivity contribution in [3.05, 3.63) is 81.5 Å².